The first-order valence-corrected chi connectivity index (χ1v) is 9.01. The molecule has 6 nitrogen and oxygen atoms in total. The van der Waals surface area contributed by atoms with Crippen LogP contribution in [0.4, 0.5) is 18.9 Å². The summed E-state index contributed by atoms with van der Waals surface area (Å²) < 4.78 is 51.3. The van der Waals surface area contributed by atoms with Gasteiger partial charge < -0.3 is 14.6 Å². The second kappa shape index (κ2) is 6.54. The van der Waals surface area contributed by atoms with Gasteiger partial charge in [0.15, 0.2) is 11.5 Å². The molecule has 0 atom stereocenters. The number of hydroxylamine groups is 1. The first-order chi connectivity index (χ1) is 14.3. The van der Waals surface area contributed by atoms with Gasteiger partial charge in [0.1, 0.15) is 5.75 Å². The number of phenolic OH excluding ortho intramolecular Hbond substituents is 1. The van der Waals surface area contributed by atoms with E-state index >= 15 is 0 Å². The molecule has 3 aromatic rings. The molecule has 0 radical (unpaired) electrons. The van der Waals surface area contributed by atoms with E-state index in [9.17, 15) is 23.5 Å². The Morgan fingerprint density at radius 1 is 1.00 bits per heavy atom. The maximum absolute atomic E-state index is 13.5. The molecule has 3 aromatic carbocycles. The fraction of sp³-hybridized carbons (Fsp3) is 0.143. The number of rotatable bonds is 2. The van der Waals surface area contributed by atoms with Gasteiger partial charge >= 0.3 is 6.18 Å². The van der Waals surface area contributed by atoms with Crippen LogP contribution in [0, 0.1) is 0 Å². The number of anilines is 1. The number of para-hydroxylation sites is 1. The number of ether oxygens (including phenoxy) is 2. The molecule has 5 rings (SSSR count). The molecule has 0 aromatic heterocycles. The third-order valence-corrected chi connectivity index (χ3v) is 5.10. The van der Waals surface area contributed by atoms with E-state index in [2.05, 4.69) is 5.43 Å². The number of nitrogens with one attached hydrogen (secondary N) is 1. The summed E-state index contributed by atoms with van der Waals surface area (Å²) in [7, 11) is 0. The zero-order chi connectivity index (χ0) is 21.0. The van der Waals surface area contributed by atoms with Crippen LogP contribution in [0.25, 0.3) is 22.3 Å². The van der Waals surface area contributed by atoms with Crippen molar-refractivity contribution in [3.8, 4) is 39.5 Å². The van der Waals surface area contributed by atoms with E-state index < -0.39 is 17.5 Å². The summed E-state index contributed by atoms with van der Waals surface area (Å²) in [6, 6.07) is 11.7. The minimum Gasteiger partial charge on any atom is -0.507 e. The topological polar surface area (TPSA) is 74.2 Å². The van der Waals surface area contributed by atoms with Crippen LogP contribution in [0.5, 0.6) is 17.2 Å². The second-order valence-electron chi connectivity index (χ2n) is 7.00. The fourth-order valence-corrected chi connectivity index (χ4v) is 3.77. The van der Waals surface area contributed by atoms with Crippen LogP contribution >= 0.6 is 0 Å². The Balaban J connectivity index is 1.76. The van der Waals surface area contributed by atoms with Gasteiger partial charge in [-0.15, -0.1) is 5.17 Å². The number of phenols is 1. The van der Waals surface area contributed by atoms with Crippen molar-refractivity contribution in [2.24, 2.45) is 0 Å². The summed E-state index contributed by atoms with van der Waals surface area (Å²) in [5.74, 6) is 0.288. The van der Waals surface area contributed by atoms with E-state index in [1.54, 1.807) is 36.4 Å². The van der Waals surface area contributed by atoms with Gasteiger partial charge in [0, 0.05) is 11.1 Å². The molecule has 2 aliphatic heterocycles. The Morgan fingerprint density at radius 3 is 2.63 bits per heavy atom. The van der Waals surface area contributed by atoms with Crippen LogP contribution in [0.3, 0.4) is 0 Å². The molecule has 3 N–H and O–H groups in total. The van der Waals surface area contributed by atoms with Crippen molar-refractivity contribution in [2.45, 2.75) is 12.7 Å². The molecule has 0 amide bonds. The van der Waals surface area contributed by atoms with Crippen molar-refractivity contribution in [3.05, 3.63) is 59.7 Å². The van der Waals surface area contributed by atoms with Gasteiger partial charge in [-0.1, -0.05) is 18.2 Å². The van der Waals surface area contributed by atoms with Crippen molar-refractivity contribution in [2.75, 3.05) is 12.2 Å². The lowest BCUT2D eigenvalue weighted by Crippen LogP contribution is -2.17. The summed E-state index contributed by atoms with van der Waals surface area (Å²) in [5.41, 5.74) is 4.39. The Bertz CT molecular complexity index is 1160. The number of alkyl halides is 3. The van der Waals surface area contributed by atoms with Gasteiger partial charge in [0.25, 0.3) is 0 Å². The molecule has 2 aliphatic rings. The molecule has 0 fully saturated rings. The highest BCUT2D eigenvalue weighted by Crippen LogP contribution is 2.50. The molecule has 30 heavy (non-hydrogen) atoms. The van der Waals surface area contributed by atoms with Crippen LogP contribution in [-0.4, -0.2) is 22.3 Å². The lowest BCUT2D eigenvalue weighted by atomic mass is 9.90. The standard InChI is InChI=1S/C21H15F3N2O4/c22-21(23,24)13-7-15(11-4-5-16-12(6-11)9-26(28)25-16)19(17(27)8-13)14-2-1-3-18-20(14)30-10-29-18/h1-8,25,27-28H,9-10H2. The van der Waals surface area contributed by atoms with Crippen molar-refractivity contribution in [3.63, 3.8) is 0 Å². The number of aromatic hydroxyl groups is 1. The second-order valence-corrected chi connectivity index (χ2v) is 7.00. The van der Waals surface area contributed by atoms with Gasteiger partial charge in [-0.2, -0.15) is 13.2 Å². The zero-order valence-electron chi connectivity index (χ0n) is 15.3. The number of benzene rings is 3. The van der Waals surface area contributed by atoms with Gasteiger partial charge in [-0.05, 0) is 47.0 Å². The molecule has 0 spiro atoms. The summed E-state index contributed by atoms with van der Waals surface area (Å²) in [6.07, 6.45) is -4.64. The molecule has 0 unspecified atom stereocenters. The van der Waals surface area contributed by atoms with Crippen molar-refractivity contribution in [1.29, 1.82) is 0 Å². The van der Waals surface area contributed by atoms with E-state index in [1.165, 1.54) is 0 Å². The smallest absolute Gasteiger partial charge is 0.416 e. The zero-order valence-corrected chi connectivity index (χ0v) is 15.3. The highest BCUT2D eigenvalue weighted by atomic mass is 19.4. The Kier molecular flexibility index (Phi) is 4.05. The van der Waals surface area contributed by atoms with Crippen LogP contribution < -0.4 is 14.9 Å². The SMILES string of the molecule is Oc1cc(C(F)(F)F)cc(-c2ccc3c(c2)CN(O)N3)c1-c1cccc2c1OCO2. The minimum atomic E-state index is -4.64. The average Bonchev–Trinajstić information content (AvgIpc) is 3.31. The number of nitrogens with zero attached hydrogens (tertiary/aromatic N) is 1. The summed E-state index contributed by atoms with van der Waals surface area (Å²) >= 11 is 0. The lowest BCUT2D eigenvalue weighted by molar-refractivity contribution is -0.137. The average molecular weight is 416 g/mol. The number of hydrazine groups is 1. The highest BCUT2D eigenvalue weighted by Gasteiger charge is 2.34. The van der Waals surface area contributed by atoms with Gasteiger partial charge in [0.05, 0.1) is 17.8 Å². The lowest BCUT2D eigenvalue weighted by Gasteiger charge is -2.18. The van der Waals surface area contributed by atoms with E-state index in [0.717, 1.165) is 11.2 Å². The molecule has 0 bridgehead atoms. The summed E-state index contributed by atoms with van der Waals surface area (Å²) in [6.45, 7) is 0.154. The summed E-state index contributed by atoms with van der Waals surface area (Å²) in [4.78, 5) is 0. The first kappa shape index (κ1) is 18.6. The number of hydrogen-bond donors (Lipinski definition) is 3. The normalized spacial score (nSPS) is 15.2. The Hall–Kier alpha value is -3.43. The maximum atomic E-state index is 13.5. The predicted molar refractivity (Wildman–Crippen MR) is 101 cm³/mol. The van der Waals surface area contributed by atoms with Gasteiger partial charge in [-0.3, -0.25) is 10.6 Å². The Morgan fingerprint density at radius 2 is 1.83 bits per heavy atom. The molecule has 9 heteroatoms. The maximum Gasteiger partial charge on any atom is 0.416 e. The van der Waals surface area contributed by atoms with Crippen molar-refractivity contribution < 1.29 is 33.0 Å². The molecule has 2 heterocycles. The molecular weight excluding hydrogens is 401 g/mol. The monoisotopic (exact) mass is 416 g/mol. The molecular formula is C21H15F3N2O4. The predicted octanol–water partition coefficient (Wildman–Crippen LogP) is 5.01. The largest absolute Gasteiger partial charge is 0.507 e. The van der Waals surface area contributed by atoms with E-state index in [1.807, 2.05) is 0 Å². The highest BCUT2D eigenvalue weighted by molar-refractivity contribution is 5.92. The van der Waals surface area contributed by atoms with Crippen LogP contribution in [0.15, 0.2) is 48.5 Å². The van der Waals surface area contributed by atoms with Crippen LogP contribution in [0.1, 0.15) is 11.1 Å². The Labute approximate surface area is 168 Å². The molecule has 0 saturated carbocycles. The summed E-state index contributed by atoms with van der Waals surface area (Å²) in [5, 5.41) is 21.2. The van der Waals surface area contributed by atoms with Crippen molar-refractivity contribution >= 4 is 5.69 Å². The van der Waals surface area contributed by atoms with Gasteiger partial charge in [-0.25, -0.2) is 0 Å². The number of hydrogen-bond acceptors (Lipinski definition) is 6. The van der Waals surface area contributed by atoms with E-state index in [-0.39, 0.29) is 24.5 Å². The fourth-order valence-electron chi connectivity index (χ4n) is 3.77. The van der Waals surface area contributed by atoms with E-state index in [4.69, 9.17) is 9.47 Å². The third kappa shape index (κ3) is 2.99. The molecule has 154 valence electrons. The van der Waals surface area contributed by atoms with Crippen molar-refractivity contribution in [1.82, 2.24) is 5.17 Å². The van der Waals surface area contributed by atoms with E-state index in [0.29, 0.717) is 39.9 Å². The third-order valence-electron chi connectivity index (χ3n) is 5.10. The molecule has 0 saturated heterocycles. The first-order valence-electron chi connectivity index (χ1n) is 9.01. The number of halogens is 3. The van der Waals surface area contributed by atoms with Gasteiger partial charge in [0.2, 0.25) is 6.79 Å². The van der Waals surface area contributed by atoms with Crippen LogP contribution in [0.2, 0.25) is 0 Å². The minimum absolute atomic E-state index is 0.0140. The quantitative estimate of drug-likeness (QED) is 0.546. The number of fused-ring (bicyclic) bond motifs is 2. The van der Waals surface area contributed by atoms with Crippen LogP contribution in [-0.2, 0) is 12.7 Å². The molecule has 0 aliphatic carbocycles.